The molecule has 2 unspecified atom stereocenters. The molecule has 0 aromatic rings. The number of hydrogen-bond acceptors (Lipinski definition) is 2. The molecule has 0 radical (unpaired) electrons. The third-order valence-corrected chi connectivity index (χ3v) is 1.61. The summed E-state index contributed by atoms with van der Waals surface area (Å²) >= 11 is 0. The lowest BCUT2D eigenvalue weighted by Crippen LogP contribution is -2.47. The SMILES string of the molecule is N#CC1=C(F)C(F)C(N)(F)C(F)=C1. The zero-order valence-electron chi connectivity index (χ0n) is 6.19. The summed E-state index contributed by atoms with van der Waals surface area (Å²) in [5, 5.41) is 8.18. The number of nitrogens with zero attached hydrogens (tertiary/aromatic N) is 1. The Morgan fingerprint density at radius 3 is 2.54 bits per heavy atom. The fourth-order valence-corrected chi connectivity index (χ4v) is 0.834. The number of nitrogens with two attached hydrogens (primary N) is 1. The van der Waals surface area contributed by atoms with E-state index in [1.165, 1.54) is 6.07 Å². The van der Waals surface area contributed by atoms with Crippen molar-refractivity contribution in [3.05, 3.63) is 23.3 Å². The highest BCUT2D eigenvalue weighted by atomic mass is 19.2. The van der Waals surface area contributed by atoms with Gasteiger partial charge in [0.15, 0.2) is 11.7 Å². The molecule has 0 aromatic heterocycles. The van der Waals surface area contributed by atoms with Crippen molar-refractivity contribution in [1.29, 1.82) is 5.26 Å². The predicted octanol–water partition coefficient (Wildman–Crippen LogP) is 1.56. The van der Waals surface area contributed by atoms with E-state index in [-0.39, 0.29) is 6.08 Å². The second-order valence-corrected chi connectivity index (χ2v) is 2.50. The van der Waals surface area contributed by atoms with Gasteiger partial charge in [-0.1, -0.05) is 0 Å². The molecule has 6 heteroatoms. The van der Waals surface area contributed by atoms with Crippen molar-refractivity contribution in [2.75, 3.05) is 0 Å². The molecule has 0 fully saturated rings. The average molecular weight is 192 g/mol. The Labute approximate surface area is 70.9 Å². The first-order valence-corrected chi connectivity index (χ1v) is 3.20. The van der Waals surface area contributed by atoms with Crippen LogP contribution in [0.4, 0.5) is 17.6 Å². The molecule has 0 aromatic carbocycles. The van der Waals surface area contributed by atoms with Gasteiger partial charge < -0.3 is 0 Å². The van der Waals surface area contributed by atoms with Crippen molar-refractivity contribution in [2.24, 2.45) is 5.73 Å². The number of hydrogen-bond donors (Lipinski definition) is 1. The minimum Gasteiger partial charge on any atom is -0.290 e. The van der Waals surface area contributed by atoms with Gasteiger partial charge in [0.2, 0.25) is 12.0 Å². The Morgan fingerprint density at radius 1 is 1.54 bits per heavy atom. The molecular weight excluding hydrogens is 188 g/mol. The van der Waals surface area contributed by atoms with Gasteiger partial charge in [-0.2, -0.15) is 5.26 Å². The van der Waals surface area contributed by atoms with Crippen LogP contribution in [0, 0.1) is 11.3 Å². The first-order valence-electron chi connectivity index (χ1n) is 3.20. The van der Waals surface area contributed by atoms with Crippen molar-refractivity contribution in [3.63, 3.8) is 0 Å². The Balaban J connectivity index is 3.25. The van der Waals surface area contributed by atoms with E-state index in [4.69, 9.17) is 5.26 Å². The Bertz CT molecular complexity index is 337. The highest BCUT2D eigenvalue weighted by Gasteiger charge is 2.47. The summed E-state index contributed by atoms with van der Waals surface area (Å²) in [6, 6.07) is 1.18. The van der Waals surface area contributed by atoms with E-state index in [1.807, 2.05) is 0 Å². The summed E-state index contributed by atoms with van der Waals surface area (Å²) in [4.78, 5) is 0. The highest BCUT2D eigenvalue weighted by Crippen LogP contribution is 2.35. The molecule has 13 heavy (non-hydrogen) atoms. The fraction of sp³-hybridized carbons (Fsp3) is 0.286. The van der Waals surface area contributed by atoms with Gasteiger partial charge in [-0.3, -0.25) is 5.73 Å². The molecule has 0 aliphatic heterocycles. The van der Waals surface area contributed by atoms with Crippen molar-refractivity contribution in [1.82, 2.24) is 0 Å². The molecule has 1 aliphatic rings. The molecule has 2 nitrogen and oxygen atoms in total. The van der Waals surface area contributed by atoms with Crippen molar-refractivity contribution in [3.8, 4) is 6.07 Å². The maximum Gasteiger partial charge on any atom is 0.248 e. The zero-order chi connectivity index (χ0) is 10.2. The summed E-state index contributed by atoms with van der Waals surface area (Å²) in [6.07, 6.45) is -2.72. The standard InChI is InChI=1S/C7H4F4N2/c8-4-1-3(2-12)5(9)6(10)7(4,11)13/h1,6H,13H2. The molecule has 2 atom stereocenters. The average Bonchev–Trinajstić information content (AvgIpc) is 2.09. The normalized spacial score (nSPS) is 34.2. The van der Waals surface area contributed by atoms with Crippen LogP contribution in [0.2, 0.25) is 0 Å². The predicted molar refractivity (Wildman–Crippen MR) is 35.9 cm³/mol. The molecule has 2 N–H and O–H groups in total. The number of alkyl halides is 2. The third kappa shape index (κ3) is 1.31. The van der Waals surface area contributed by atoms with Crippen LogP contribution in [-0.2, 0) is 0 Å². The number of halogens is 4. The van der Waals surface area contributed by atoms with E-state index in [2.05, 4.69) is 5.73 Å². The fourth-order valence-electron chi connectivity index (χ4n) is 0.834. The summed E-state index contributed by atoms with van der Waals surface area (Å²) in [5.74, 6) is -6.89. The minimum absolute atomic E-state index is 0.241. The lowest BCUT2D eigenvalue weighted by molar-refractivity contribution is 0.0720. The minimum atomic E-state index is -3.51. The van der Waals surface area contributed by atoms with E-state index in [0.29, 0.717) is 0 Å². The maximum absolute atomic E-state index is 12.8. The quantitative estimate of drug-likeness (QED) is 0.467. The van der Waals surface area contributed by atoms with Gasteiger partial charge in [-0.25, -0.2) is 17.6 Å². The van der Waals surface area contributed by atoms with Crippen LogP contribution in [0.25, 0.3) is 0 Å². The van der Waals surface area contributed by atoms with Gasteiger partial charge in [0.25, 0.3) is 0 Å². The van der Waals surface area contributed by atoms with Crippen LogP contribution in [0.15, 0.2) is 23.3 Å². The van der Waals surface area contributed by atoms with Gasteiger partial charge >= 0.3 is 0 Å². The maximum atomic E-state index is 12.8. The van der Waals surface area contributed by atoms with Gasteiger partial charge in [0.05, 0.1) is 5.57 Å². The number of allylic oxidation sites excluding steroid dienone is 2. The van der Waals surface area contributed by atoms with Gasteiger partial charge in [-0.05, 0) is 6.08 Å². The molecule has 0 saturated carbocycles. The lowest BCUT2D eigenvalue weighted by Gasteiger charge is -2.24. The zero-order valence-corrected chi connectivity index (χ0v) is 6.19. The summed E-state index contributed by atoms with van der Waals surface area (Å²) in [6.45, 7) is 0. The van der Waals surface area contributed by atoms with Crippen LogP contribution in [0.1, 0.15) is 0 Å². The number of nitriles is 1. The van der Waals surface area contributed by atoms with Crippen molar-refractivity contribution in [2.45, 2.75) is 12.0 Å². The summed E-state index contributed by atoms with van der Waals surface area (Å²) in [7, 11) is 0. The number of rotatable bonds is 0. The summed E-state index contributed by atoms with van der Waals surface area (Å²) < 4.78 is 50.7. The van der Waals surface area contributed by atoms with E-state index >= 15 is 0 Å². The Kier molecular flexibility index (Phi) is 2.14. The van der Waals surface area contributed by atoms with Crippen LogP contribution in [0.3, 0.4) is 0 Å². The monoisotopic (exact) mass is 192 g/mol. The Hall–Kier alpha value is -1.35. The lowest BCUT2D eigenvalue weighted by atomic mass is 9.98. The topological polar surface area (TPSA) is 49.8 Å². The van der Waals surface area contributed by atoms with E-state index < -0.39 is 29.2 Å². The van der Waals surface area contributed by atoms with Gasteiger partial charge in [-0.15, -0.1) is 0 Å². The van der Waals surface area contributed by atoms with E-state index in [0.717, 1.165) is 0 Å². The van der Waals surface area contributed by atoms with E-state index in [9.17, 15) is 17.6 Å². The molecule has 0 amide bonds. The molecule has 0 saturated heterocycles. The first-order chi connectivity index (χ1) is 5.91. The van der Waals surface area contributed by atoms with E-state index in [1.54, 1.807) is 0 Å². The van der Waals surface area contributed by atoms with Crippen molar-refractivity contribution < 1.29 is 17.6 Å². The molecule has 0 bridgehead atoms. The molecule has 0 heterocycles. The second-order valence-electron chi connectivity index (χ2n) is 2.50. The molecule has 70 valence electrons. The van der Waals surface area contributed by atoms with Crippen LogP contribution >= 0.6 is 0 Å². The molecule has 1 rings (SSSR count). The Morgan fingerprint density at radius 2 is 2.08 bits per heavy atom. The van der Waals surface area contributed by atoms with Gasteiger partial charge in [0, 0.05) is 0 Å². The molecular formula is C7H4F4N2. The molecule has 0 spiro atoms. The van der Waals surface area contributed by atoms with Crippen molar-refractivity contribution >= 4 is 0 Å². The second kappa shape index (κ2) is 2.85. The molecule has 1 aliphatic carbocycles. The van der Waals surface area contributed by atoms with Crippen LogP contribution in [0.5, 0.6) is 0 Å². The third-order valence-electron chi connectivity index (χ3n) is 1.61. The smallest absolute Gasteiger partial charge is 0.248 e. The van der Waals surface area contributed by atoms with Gasteiger partial charge in [0.1, 0.15) is 6.07 Å². The first kappa shape index (κ1) is 9.74. The largest absolute Gasteiger partial charge is 0.290 e. The summed E-state index contributed by atoms with van der Waals surface area (Å²) in [5.41, 5.74) is 3.62. The highest BCUT2D eigenvalue weighted by molar-refractivity contribution is 5.44. The van der Waals surface area contributed by atoms with Crippen LogP contribution < -0.4 is 5.73 Å². The van der Waals surface area contributed by atoms with Crippen LogP contribution in [-0.4, -0.2) is 12.0 Å².